The Labute approximate surface area is 99.6 Å². The van der Waals surface area contributed by atoms with E-state index in [2.05, 4.69) is 46.9 Å². The number of amides is 1. The lowest BCUT2D eigenvalue weighted by Gasteiger charge is -2.28. The van der Waals surface area contributed by atoms with Crippen LogP contribution >= 0.6 is 0 Å². The van der Waals surface area contributed by atoms with Crippen LogP contribution in [-0.2, 0) is 4.79 Å². The molecular weight excluding hydrogens is 200 g/mol. The zero-order valence-corrected chi connectivity index (χ0v) is 11.4. The summed E-state index contributed by atoms with van der Waals surface area (Å²) in [5.74, 6) is 1.64. The molecule has 3 heteroatoms. The molecule has 0 spiro atoms. The minimum Gasteiger partial charge on any atom is -0.325 e. The molecular formula is C13H26N2O. The molecule has 0 aromatic rings. The Morgan fingerprint density at radius 2 is 1.69 bits per heavy atom. The van der Waals surface area contributed by atoms with Crippen LogP contribution in [0.5, 0.6) is 0 Å². The number of hydrogen-bond acceptors (Lipinski definition) is 2. The third-order valence-electron chi connectivity index (χ3n) is 3.10. The molecule has 1 saturated heterocycles. The van der Waals surface area contributed by atoms with Crippen LogP contribution in [0.25, 0.3) is 0 Å². The molecule has 0 saturated carbocycles. The van der Waals surface area contributed by atoms with Crippen LogP contribution in [0, 0.1) is 17.8 Å². The molecule has 94 valence electrons. The second-order valence-corrected chi connectivity index (χ2v) is 5.96. The number of rotatable bonds is 4. The summed E-state index contributed by atoms with van der Waals surface area (Å²) in [6, 6.07) is 0.00569. The average Bonchev–Trinajstić information content (AvgIpc) is 2.43. The first kappa shape index (κ1) is 13.5. The van der Waals surface area contributed by atoms with Crippen molar-refractivity contribution < 1.29 is 4.79 Å². The Bertz CT molecular complexity index is 248. The summed E-state index contributed by atoms with van der Waals surface area (Å²) in [6.07, 6.45) is 0.210. The molecule has 2 unspecified atom stereocenters. The Hall–Kier alpha value is -0.570. The van der Waals surface area contributed by atoms with Crippen LogP contribution < -0.4 is 5.32 Å². The average molecular weight is 226 g/mol. The van der Waals surface area contributed by atoms with Gasteiger partial charge >= 0.3 is 0 Å². The first-order valence-corrected chi connectivity index (χ1v) is 6.41. The van der Waals surface area contributed by atoms with E-state index in [0.29, 0.717) is 17.8 Å². The van der Waals surface area contributed by atoms with E-state index in [1.54, 1.807) is 0 Å². The second kappa shape index (κ2) is 5.17. The van der Waals surface area contributed by atoms with Crippen molar-refractivity contribution in [2.75, 3.05) is 6.54 Å². The Morgan fingerprint density at radius 3 is 2.06 bits per heavy atom. The molecule has 0 aromatic carbocycles. The lowest BCUT2D eigenvalue weighted by Crippen LogP contribution is -2.43. The lowest BCUT2D eigenvalue weighted by molar-refractivity contribution is -0.131. The minimum atomic E-state index is 0.00569. The van der Waals surface area contributed by atoms with Crippen molar-refractivity contribution in [1.29, 1.82) is 0 Å². The Morgan fingerprint density at radius 1 is 1.12 bits per heavy atom. The SMILES string of the molecule is CC(C)CN1C(=O)C(C(C)C)NC1C(C)C. The van der Waals surface area contributed by atoms with Gasteiger partial charge in [-0.3, -0.25) is 10.1 Å². The lowest BCUT2D eigenvalue weighted by atomic mass is 10.0. The monoisotopic (exact) mass is 226 g/mol. The van der Waals surface area contributed by atoms with Crippen molar-refractivity contribution in [3.63, 3.8) is 0 Å². The fourth-order valence-electron chi connectivity index (χ4n) is 2.29. The molecule has 16 heavy (non-hydrogen) atoms. The highest BCUT2D eigenvalue weighted by Gasteiger charge is 2.41. The number of nitrogens with one attached hydrogen (secondary N) is 1. The van der Waals surface area contributed by atoms with Gasteiger partial charge in [-0.2, -0.15) is 0 Å². The normalized spacial score (nSPS) is 26.6. The molecule has 1 aliphatic rings. The maximum atomic E-state index is 12.3. The topological polar surface area (TPSA) is 32.3 Å². The number of carbonyl (C=O) groups is 1. The fourth-order valence-corrected chi connectivity index (χ4v) is 2.29. The van der Waals surface area contributed by atoms with Crippen LogP contribution in [0.1, 0.15) is 41.5 Å². The van der Waals surface area contributed by atoms with Gasteiger partial charge in [-0.1, -0.05) is 41.5 Å². The maximum absolute atomic E-state index is 12.3. The summed E-state index contributed by atoms with van der Waals surface area (Å²) >= 11 is 0. The van der Waals surface area contributed by atoms with Crippen molar-refractivity contribution in [2.45, 2.75) is 53.8 Å². The summed E-state index contributed by atoms with van der Waals surface area (Å²) in [7, 11) is 0. The number of carbonyl (C=O) groups excluding carboxylic acids is 1. The van der Waals surface area contributed by atoms with E-state index in [0.717, 1.165) is 6.54 Å². The van der Waals surface area contributed by atoms with E-state index >= 15 is 0 Å². The van der Waals surface area contributed by atoms with Crippen LogP contribution in [0.3, 0.4) is 0 Å². The van der Waals surface area contributed by atoms with Crippen LogP contribution in [0.4, 0.5) is 0 Å². The van der Waals surface area contributed by atoms with Crippen molar-refractivity contribution in [3.8, 4) is 0 Å². The van der Waals surface area contributed by atoms with Gasteiger partial charge in [0.05, 0.1) is 12.2 Å². The molecule has 0 bridgehead atoms. The maximum Gasteiger partial charge on any atom is 0.241 e. The molecule has 3 nitrogen and oxygen atoms in total. The van der Waals surface area contributed by atoms with Crippen LogP contribution in [0.15, 0.2) is 0 Å². The highest BCUT2D eigenvalue weighted by molar-refractivity contribution is 5.84. The van der Waals surface area contributed by atoms with Gasteiger partial charge in [-0.25, -0.2) is 0 Å². The molecule has 1 heterocycles. The smallest absolute Gasteiger partial charge is 0.241 e. The van der Waals surface area contributed by atoms with E-state index in [9.17, 15) is 4.79 Å². The quantitative estimate of drug-likeness (QED) is 0.796. The van der Waals surface area contributed by atoms with Gasteiger partial charge in [-0.05, 0) is 17.8 Å². The molecule has 1 rings (SSSR count). The molecule has 0 aromatic heterocycles. The van der Waals surface area contributed by atoms with Gasteiger partial charge in [0.1, 0.15) is 0 Å². The highest BCUT2D eigenvalue weighted by Crippen LogP contribution is 2.22. The number of nitrogens with zero attached hydrogens (tertiary/aromatic N) is 1. The van der Waals surface area contributed by atoms with Crippen molar-refractivity contribution in [2.24, 2.45) is 17.8 Å². The first-order chi connectivity index (χ1) is 7.34. The third kappa shape index (κ3) is 2.76. The van der Waals surface area contributed by atoms with Crippen molar-refractivity contribution >= 4 is 5.91 Å². The van der Waals surface area contributed by atoms with Gasteiger partial charge in [0.25, 0.3) is 0 Å². The Kier molecular flexibility index (Phi) is 4.36. The molecule has 0 aliphatic carbocycles. The van der Waals surface area contributed by atoms with E-state index in [-0.39, 0.29) is 18.1 Å². The van der Waals surface area contributed by atoms with E-state index in [1.807, 2.05) is 4.90 Å². The second-order valence-electron chi connectivity index (χ2n) is 5.96. The van der Waals surface area contributed by atoms with Crippen molar-refractivity contribution in [3.05, 3.63) is 0 Å². The van der Waals surface area contributed by atoms with E-state index in [1.165, 1.54) is 0 Å². The number of hydrogen-bond donors (Lipinski definition) is 1. The predicted octanol–water partition coefficient (Wildman–Crippen LogP) is 2.08. The van der Waals surface area contributed by atoms with Crippen LogP contribution in [0.2, 0.25) is 0 Å². The van der Waals surface area contributed by atoms with Gasteiger partial charge in [0, 0.05) is 6.54 Å². The zero-order valence-electron chi connectivity index (χ0n) is 11.4. The molecule has 1 N–H and O–H groups in total. The molecule has 2 atom stereocenters. The standard InChI is InChI=1S/C13H26N2O/c1-8(2)7-15-12(10(5)6)14-11(9(3)4)13(15)16/h8-12,14H,7H2,1-6H3. The van der Waals surface area contributed by atoms with E-state index in [4.69, 9.17) is 0 Å². The summed E-state index contributed by atoms with van der Waals surface area (Å²) < 4.78 is 0. The van der Waals surface area contributed by atoms with Crippen LogP contribution in [-0.4, -0.2) is 29.6 Å². The highest BCUT2D eigenvalue weighted by atomic mass is 16.2. The molecule has 0 radical (unpaired) electrons. The summed E-state index contributed by atoms with van der Waals surface area (Å²) in [5, 5.41) is 3.47. The van der Waals surface area contributed by atoms with Gasteiger partial charge < -0.3 is 4.90 Å². The minimum absolute atomic E-state index is 0.00569. The van der Waals surface area contributed by atoms with E-state index < -0.39 is 0 Å². The van der Waals surface area contributed by atoms with Gasteiger partial charge in [-0.15, -0.1) is 0 Å². The van der Waals surface area contributed by atoms with Crippen molar-refractivity contribution in [1.82, 2.24) is 10.2 Å². The molecule has 1 aliphatic heterocycles. The summed E-state index contributed by atoms with van der Waals surface area (Å²) in [4.78, 5) is 14.3. The van der Waals surface area contributed by atoms with Gasteiger partial charge in [0.2, 0.25) is 5.91 Å². The summed E-state index contributed by atoms with van der Waals surface area (Å²) in [6.45, 7) is 13.7. The zero-order chi connectivity index (χ0) is 12.5. The summed E-state index contributed by atoms with van der Waals surface area (Å²) in [5.41, 5.74) is 0. The first-order valence-electron chi connectivity index (χ1n) is 6.41. The third-order valence-corrected chi connectivity index (χ3v) is 3.10. The predicted molar refractivity (Wildman–Crippen MR) is 66.9 cm³/mol. The Balaban J connectivity index is 2.81. The largest absolute Gasteiger partial charge is 0.325 e. The fraction of sp³-hybridized carbons (Fsp3) is 0.923. The molecule has 1 fully saturated rings. The molecule has 1 amide bonds. The van der Waals surface area contributed by atoms with Gasteiger partial charge in [0.15, 0.2) is 0 Å².